The van der Waals surface area contributed by atoms with E-state index in [2.05, 4.69) is 19.2 Å². The standard InChI is InChI=1S/C19H36N2O3/c1-13(2)11-15(21-10-8-7-9-16(21)22)18(24)20-12-19(5,6)17(23)14(3)4/h13-15,17,23H,7-12H2,1-6H3,(H,20,24). The fourth-order valence-electron chi connectivity index (χ4n) is 3.42. The third-order valence-electron chi connectivity index (χ3n) is 4.88. The lowest BCUT2D eigenvalue weighted by molar-refractivity contribution is -0.143. The van der Waals surface area contributed by atoms with E-state index in [0.29, 0.717) is 31.8 Å². The summed E-state index contributed by atoms with van der Waals surface area (Å²) < 4.78 is 0. The minimum absolute atomic E-state index is 0.0866. The minimum atomic E-state index is -0.488. The lowest BCUT2D eigenvalue weighted by atomic mass is 9.80. The fourth-order valence-corrected chi connectivity index (χ4v) is 3.42. The first-order valence-corrected chi connectivity index (χ1v) is 9.31. The molecule has 2 amide bonds. The molecule has 5 heteroatoms. The largest absolute Gasteiger partial charge is 0.392 e. The maximum absolute atomic E-state index is 12.8. The van der Waals surface area contributed by atoms with Gasteiger partial charge in [0, 0.05) is 24.9 Å². The highest BCUT2D eigenvalue weighted by Crippen LogP contribution is 2.25. The maximum Gasteiger partial charge on any atom is 0.242 e. The highest BCUT2D eigenvalue weighted by atomic mass is 16.3. The van der Waals surface area contributed by atoms with Gasteiger partial charge in [-0.25, -0.2) is 0 Å². The number of piperidine rings is 1. The van der Waals surface area contributed by atoms with Gasteiger partial charge in [-0.2, -0.15) is 0 Å². The summed E-state index contributed by atoms with van der Waals surface area (Å²) in [4.78, 5) is 26.8. The van der Waals surface area contributed by atoms with Gasteiger partial charge in [0.15, 0.2) is 0 Å². The number of hydrogen-bond donors (Lipinski definition) is 2. The molecule has 0 radical (unpaired) electrons. The van der Waals surface area contributed by atoms with Gasteiger partial charge >= 0.3 is 0 Å². The maximum atomic E-state index is 12.8. The van der Waals surface area contributed by atoms with Crippen molar-refractivity contribution in [3.05, 3.63) is 0 Å². The molecule has 0 spiro atoms. The molecule has 1 heterocycles. The average molecular weight is 341 g/mol. The number of aliphatic hydroxyl groups is 1. The van der Waals surface area contributed by atoms with E-state index in [1.54, 1.807) is 4.90 Å². The molecule has 1 aliphatic heterocycles. The van der Waals surface area contributed by atoms with Gasteiger partial charge in [0.1, 0.15) is 6.04 Å². The summed E-state index contributed by atoms with van der Waals surface area (Å²) in [6, 6.07) is -0.398. The molecule has 2 atom stereocenters. The van der Waals surface area contributed by atoms with Crippen molar-refractivity contribution >= 4 is 11.8 Å². The van der Waals surface area contributed by atoms with Gasteiger partial charge < -0.3 is 15.3 Å². The van der Waals surface area contributed by atoms with Crippen LogP contribution in [-0.2, 0) is 9.59 Å². The number of rotatable bonds is 8. The van der Waals surface area contributed by atoms with Gasteiger partial charge in [-0.1, -0.05) is 41.5 Å². The van der Waals surface area contributed by atoms with E-state index in [1.807, 2.05) is 27.7 Å². The van der Waals surface area contributed by atoms with E-state index in [0.717, 1.165) is 12.8 Å². The van der Waals surface area contributed by atoms with E-state index < -0.39 is 17.6 Å². The SMILES string of the molecule is CC(C)CC(C(=O)NCC(C)(C)C(O)C(C)C)N1CCCCC1=O. The molecule has 0 aromatic carbocycles. The Bertz CT molecular complexity index is 432. The molecule has 1 fully saturated rings. The van der Waals surface area contributed by atoms with E-state index in [9.17, 15) is 14.7 Å². The molecule has 5 nitrogen and oxygen atoms in total. The van der Waals surface area contributed by atoms with Gasteiger partial charge in [0.05, 0.1) is 6.10 Å². The molecule has 1 rings (SSSR count). The second-order valence-corrected chi connectivity index (χ2v) is 8.58. The normalized spacial score (nSPS) is 18.9. The monoisotopic (exact) mass is 340 g/mol. The van der Waals surface area contributed by atoms with Crippen molar-refractivity contribution in [3.8, 4) is 0 Å². The van der Waals surface area contributed by atoms with E-state index in [-0.39, 0.29) is 17.7 Å². The summed E-state index contributed by atoms with van der Waals surface area (Å²) in [5.74, 6) is 0.461. The smallest absolute Gasteiger partial charge is 0.242 e. The first-order chi connectivity index (χ1) is 11.1. The van der Waals surface area contributed by atoms with Crippen LogP contribution in [0.2, 0.25) is 0 Å². The van der Waals surface area contributed by atoms with Gasteiger partial charge in [0.2, 0.25) is 11.8 Å². The zero-order valence-corrected chi connectivity index (χ0v) is 16.3. The van der Waals surface area contributed by atoms with Crippen molar-refractivity contribution in [3.63, 3.8) is 0 Å². The van der Waals surface area contributed by atoms with Crippen molar-refractivity contribution in [2.45, 2.75) is 79.4 Å². The number of hydrogen-bond acceptors (Lipinski definition) is 3. The second-order valence-electron chi connectivity index (χ2n) is 8.58. The number of carbonyl (C=O) groups is 2. The molecule has 1 aliphatic rings. The molecule has 140 valence electrons. The predicted molar refractivity (Wildman–Crippen MR) is 96.4 cm³/mol. The summed E-state index contributed by atoms with van der Waals surface area (Å²) >= 11 is 0. The Kier molecular flexibility index (Phi) is 7.71. The van der Waals surface area contributed by atoms with Crippen LogP contribution in [0.1, 0.15) is 67.2 Å². The van der Waals surface area contributed by atoms with Gasteiger partial charge in [-0.15, -0.1) is 0 Å². The third kappa shape index (κ3) is 5.76. The Morgan fingerprint density at radius 2 is 1.88 bits per heavy atom. The predicted octanol–water partition coefficient (Wildman–Crippen LogP) is 2.57. The molecule has 0 aromatic heterocycles. The number of likely N-dealkylation sites (tertiary alicyclic amines) is 1. The summed E-state index contributed by atoms with van der Waals surface area (Å²) in [6.07, 6.45) is 2.60. The van der Waals surface area contributed by atoms with Crippen LogP contribution in [0.5, 0.6) is 0 Å². The highest BCUT2D eigenvalue weighted by molar-refractivity contribution is 5.88. The molecular weight excluding hydrogens is 304 g/mol. The Hall–Kier alpha value is -1.10. The van der Waals surface area contributed by atoms with Crippen LogP contribution in [0.4, 0.5) is 0 Å². The molecule has 0 bridgehead atoms. The third-order valence-corrected chi connectivity index (χ3v) is 4.88. The van der Waals surface area contributed by atoms with Crippen LogP contribution in [0.25, 0.3) is 0 Å². The quantitative estimate of drug-likeness (QED) is 0.713. The van der Waals surface area contributed by atoms with Crippen molar-refractivity contribution in [1.82, 2.24) is 10.2 Å². The van der Waals surface area contributed by atoms with E-state index in [1.165, 1.54) is 0 Å². The van der Waals surface area contributed by atoms with Crippen LogP contribution in [0.3, 0.4) is 0 Å². The highest BCUT2D eigenvalue weighted by Gasteiger charge is 2.34. The number of nitrogens with one attached hydrogen (secondary N) is 1. The lowest BCUT2D eigenvalue weighted by Crippen LogP contribution is -2.54. The van der Waals surface area contributed by atoms with Crippen molar-refractivity contribution in [2.24, 2.45) is 17.3 Å². The molecule has 0 saturated carbocycles. The lowest BCUT2D eigenvalue weighted by Gasteiger charge is -2.37. The van der Waals surface area contributed by atoms with Crippen molar-refractivity contribution in [2.75, 3.05) is 13.1 Å². The Morgan fingerprint density at radius 3 is 2.38 bits per heavy atom. The summed E-state index contributed by atoms with van der Waals surface area (Å²) in [7, 11) is 0. The molecular formula is C19H36N2O3. The zero-order valence-electron chi connectivity index (χ0n) is 16.3. The number of nitrogens with zero attached hydrogens (tertiary/aromatic N) is 1. The van der Waals surface area contributed by atoms with Crippen LogP contribution in [0.15, 0.2) is 0 Å². The molecule has 2 unspecified atom stereocenters. The van der Waals surface area contributed by atoms with Crippen molar-refractivity contribution in [1.29, 1.82) is 0 Å². The van der Waals surface area contributed by atoms with Crippen LogP contribution < -0.4 is 5.32 Å². The first kappa shape index (κ1) is 20.9. The second kappa shape index (κ2) is 8.84. The van der Waals surface area contributed by atoms with Crippen LogP contribution >= 0.6 is 0 Å². The first-order valence-electron chi connectivity index (χ1n) is 9.31. The molecule has 0 aliphatic carbocycles. The number of aliphatic hydroxyl groups excluding tert-OH is 1. The van der Waals surface area contributed by atoms with Gasteiger partial charge in [0.25, 0.3) is 0 Å². The summed E-state index contributed by atoms with van der Waals surface area (Å²) in [5.41, 5.74) is -0.405. The molecule has 24 heavy (non-hydrogen) atoms. The summed E-state index contributed by atoms with van der Waals surface area (Å²) in [5, 5.41) is 13.3. The Labute approximate surface area is 147 Å². The fraction of sp³-hybridized carbons (Fsp3) is 0.895. The summed E-state index contributed by atoms with van der Waals surface area (Å²) in [6.45, 7) is 13.1. The van der Waals surface area contributed by atoms with E-state index >= 15 is 0 Å². The van der Waals surface area contributed by atoms with Gasteiger partial charge in [-0.05, 0) is 31.1 Å². The van der Waals surface area contributed by atoms with Crippen LogP contribution in [0, 0.1) is 17.3 Å². The molecule has 0 aromatic rings. The van der Waals surface area contributed by atoms with Crippen molar-refractivity contribution < 1.29 is 14.7 Å². The molecule has 2 N–H and O–H groups in total. The Balaban J connectivity index is 2.76. The number of carbonyl (C=O) groups excluding carboxylic acids is 2. The molecule has 1 saturated heterocycles. The number of amides is 2. The zero-order chi connectivity index (χ0) is 18.5. The average Bonchev–Trinajstić information content (AvgIpc) is 2.50. The van der Waals surface area contributed by atoms with Crippen LogP contribution in [-0.4, -0.2) is 47.1 Å². The van der Waals surface area contributed by atoms with E-state index in [4.69, 9.17) is 0 Å². The topological polar surface area (TPSA) is 69.6 Å². The minimum Gasteiger partial charge on any atom is -0.392 e. The van der Waals surface area contributed by atoms with Gasteiger partial charge in [-0.3, -0.25) is 9.59 Å². The Morgan fingerprint density at radius 1 is 1.25 bits per heavy atom.